The molecule has 1 amide bonds. The zero-order valence-corrected chi connectivity index (χ0v) is 15.8. The highest BCUT2D eigenvalue weighted by molar-refractivity contribution is 7.90. The molecule has 1 atom stereocenters. The highest BCUT2D eigenvalue weighted by atomic mass is 32.2. The number of aliphatic hydroxyl groups excluding tert-OH is 1. The smallest absolute Gasteiger partial charge is 0.272 e. The van der Waals surface area contributed by atoms with Crippen molar-refractivity contribution in [1.82, 2.24) is 4.47 Å². The number of anilines is 1. The van der Waals surface area contributed by atoms with Gasteiger partial charge in [-0.05, 0) is 38.3 Å². The van der Waals surface area contributed by atoms with Gasteiger partial charge < -0.3 is 15.2 Å². The molecule has 1 aromatic carbocycles. The van der Waals surface area contributed by atoms with Gasteiger partial charge in [-0.2, -0.15) is 0 Å². The molecule has 0 bridgehead atoms. The maximum atomic E-state index is 12.4. The summed E-state index contributed by atoms with van der Waals surface area (Å²) in [5, 5.41) is 12.5. The Bertz CT molecular complexity index is 657. The van der Waals surface area contributed by atoms with Crippen LogP contribution in [0.2, 0.25) is 0 Å². The predicted molar refractivity (Wildman–Crippen MR) is 94.0 cm³/mol. The predicted octanol–water partition coefficient (Wildman–Crippen LogP) is 1.53. The number of aryl methyl sites for hydroxylation is 2. The lowest BCUT2D eigenvalue weighted by Crippen LogP contribution is -2.45. The molecule has 9 heteroatoms. The summed E-state index contributed by atoms with van der Waals surface area (Å²) in [4.78, 5) is 17.2. The topological polar surface area (TPSA) is 105 Å². The summed E-state index contributed by atoms with van der Waals surface area (Å²) in [6.45, 7) is 7.01. The first-order valence-corrected chi connectivity index (χ1v) is 9.53. The van der Waals surface area contributed by atoms with Crippen LogP contribution in [0.25, 0.3) is 0 Å². The van der Waals surface area contributed by atoms with Gasteiger partial charge in [0.1, 0.15) is 0 Å². The molecule has 2 N–H and O–H groups in total. The maximum Gasteiger partial charge on any atom is 0.272 e. The summed E-state index contributed by atoms with van der Waals surface area (Å²) in [5.41, 5.74) is -0.307. The lowest BCUT2D eigenvalue weighted by Gasteiger charge is -2.23. The Labute approximate surface area is 148 Å². The monoisotopic (exact) mass is 374 g/mol. The highest BCUT2D eigenvalue weighted by Crippen LogP contribution is 2.20. The number of carbonyl (C=O) groups excluding carboxylic acids is 1. The number of benzene rings is 1. The van der Waals surface area contributed by atoms with Crippen LogP contribution in [0.4, 0.5) is 5.69 Å². The van der Waals surface area contributed by atoms with Crippen molar-refractivity contribution < 1.29 is 27.9 Å². The standard InChI is InChI=1S/C16H26N2O6S/c1-5-10-23-11-24-18(6-2)25(21,22)16(20)15(19)17-14-12(3)8-7-9-13(14)4/h7-9,16,20H,5-6,10-11H2,1-4H3,(H,17,19). The molecule has 1 unspecified atom stereocenters. The van der Waals surface area contributed by atoms with Crippen molar-refractivity contribution in [3.8, 4) is 0 Å². The van der Waals surface area contributed by atoms with E-state index in [1.54, 1.807) is 26.0 Å². The molecule has 0 radical (unpaired) electrons. The maximum absolute atomic E-state index is 12.4. The molecule has 0 saturated carbocycles. The number of hydroxylamine groups is 1. The lowest BCUT2D eigenvalue weighted by atomic mass is 10.1. The van der Waals surface area contributed by atoms with E-state index in [2.05, 4.69) is 5.32 Å². The third-order valence-corrected chi connectivity index (χ3v) is 5.12. The van der Waals surface area contributed by atoms with Gasteiger partial charge in [-0.1, -0.05) is 29.6 Å². The number of ether oxygens (including phenoxy) is 1. The number of rotatable bonds is 10. The Morgan fingerprint density at radius 1 is 1.28 bits per heavy atom. The molecule has 0 saturated heterocycles. The van der Waals surface area contributed by atoms with E-state index in [1.807, 2.05) is 13.0 Å². The first-order valence-electron chi connectivity index (χ1n) is 8.03. The fourth-order valence-corrected chi connectivity index (χ4v) is 3.19. The molecule has 0 heterocycles. The van der Waals surface area contributed by atoms with Crippen LogP contribution in [-0.4, -0.2) is 49.3 Å². The van der Waals surface area contributed by atoms with Gasteiger partial charge in [0.25, 0.3) is 21.4 Å². The largest absolute Gasteiger partial charge is 0.368 e. The SMILES string of the molecule is CCCOCON(CC)S(=O)(=O)C(O)C(=O)Nc1c(C)cccc1C. The van der Waals surface area contributed by atoms with E-state index in [9.17, 15) is 18.3 Å². The normalized spacial score (nSPS) is 13.0. The second kappa shape index (κ2) is 9.83. The molecule has 0 aliphatic carbocycles. The molecule has 25 heavy (non-hydrogen) atoms. The van der Waals surface area contributed by atoms with E-state index in [4.69, 9.17) is 9.57 Å². The van der Waals surface area contributed by atoms with E-state index in [0.717, 1.165) is 17.5 Å². The third-order valence-electron chi connectivity index (χ3n) is 3.41. The summed E-state index contributed by atoms with van der Waals surface area (Å²) in [6, 6.07) is 5.36. The van der Waals surface area contributed by atoms with Crippen LogP contribution >= 0.6 is 0 Å². The second-order valence-corrected chi connectivity index (χ2v) is 7.31. The number of nitrogens with one attached hydrogen (secondary N) is 1. The van der Waals surface area contributed by atoms with Crippen molar-refractivity contribution in [2.24, 2.45) is 0 Å². The molecular weight excluding hydrogens is 348 g/mol. The Morgan fingerprint density at radius 2 is 1.88 bits per heavy atom. The molecule has 0 aliphatic rings. The first-order chi connectivity index (χ1) is 11.8. The van der Waals surface area contributed by atoms with Crippen molar-refractivity contribution >= 4 is 21.6 Å². The van der Waals surface area contributed by atoms with Gasteiger partial charge in [0.05, 0.1) is 0 Å². The minimum Gasteiger partial charge on any atom is -0.368 e. The van der Waals surface area contributed by atoms with Crippen LogP contribution in [0, 0.1) is 13.8 Å². The van der Waals surface area contributed by atoms with E-state index in [1.165, 1.54) is 6.92 Å². The zero-order chi connectivity index (χ0) is 19.0. The van der Waals surface area contributed by atoms with E-state index < -0.39 is 21.4 Å². The minimum atomic E-state index is -4.41. The summed E-state index contributed by atoms with van der Waals surface area (Å²) in [6.07, 6.45) is 0.753. The van der Waals surface area contributed by atoms with Crippen molar-refractivity contribution in [3.63, 3.8) is 0 Å². The second-order valence-electron chi connectivity index (χ2n) is 5.43. The zero-order valence-electron chi connectivity index (χ0n) is 15.0. The quantitative estimate of drug-likeness (QED) is 0.365. The van der Waals surface area contributed by atoms with Gasteiger partial charge >= 0.3 is 0 Å². The number of hydrogen-bond acceptors (Lipinski definition) is 6. The molecule has 0 aromatic heterocycles. The summed E-state index contributed by atoms with van der Waals surface area (Å²) < 4.78 is 30.3. The van der Waals surface area contributed by atoms with Crippen LogP contribution in [-0.2, 0) is 24.4 Å². The Morgan fingerprint density at radius 3 is 2.40 bits per heavy atom. The van der Waals surface area contributed by atoms with E-state index in [-0.39, 0.29) is 13.3 Å². The van der Waals surface area contributed by atoms with Gasteiger partial charge in [-0.15, -0.1) is 0 Å². The number of sulfonamides is 1. The summed E-state index contributed by atoms with van der Waals surface area (Å²) in [7, 11) is -4.41. The van der Waals surface area contributed by atoms with Gasteiger partial charge in [0.15, 0.2) is 6.79 Å². The minimum absolute atomic E-state index is 0.0778. The molecular formula is C16H26N2O6S. The Kier molecular flexibility index (Phi) is 8.46. The molecule has 1 aromatic rings. The van der Waals surface area contributed by atoms with Crippen molar-refractivity contribution in [2.75, 3.05) is 25.3 Å². The number of hydrogen-bond donors (Lipinski definition) is 2. The lowest BCUT2D eigenvalue weighted by molar-refractivity contribution is -0.173. The Balaban J connectivity index is 2.83. The highest BCUT2D eigenvalue weighted by Gasteiger charge is 2.36. The first kappa shape index (κ1) is 21.5. The van der Waals surface area contributed by atoms with Gasteiger partial charge in [-0.3, -0.25) is 9.63 Å². The van der Waals surface area contributed by atoms with Crippen molar-refractivity contribution in [2.45, 2.75) is 39.6 Å². The average molecular weight is 374 g/mol. The average Bonchev–Trinajstić information content (AvgIpc) is 2.57. The number of nitrogens with zero attached hydrogens (tertiary/aromatic N) is 1. The molecule has 0 aliphatic heterocycles. The molecule has 8 nitrogen and oxygen atoms in total. The van der Waals surface area contributed by atoms with Gasteiger partial charge in [0.2, 0.25) is 0 Å². The summed E-state index contributed by atoms with van der Waals surface area (Å²) >= 11 is 0. The van der Waals surface area contributed by atoms with Gasteiger partial charge in [-0.25, -0.2) is 8.42 Å². The fraction of sp³-hybridized carbons (Fsp3) is 0.562. The fourth-order valence-electron chi connectivity index (χ4n) is 2.09. The number of amides is 1. The van der Waals surface area contributed by atoms with Crippen LogP contribution < -0.4 is 5.32 Å². The Hall–Kier alpha value is -1.52. The van der Waals surface area contributed by atoms with E-state index in [0.29, 0.717) is 16.8 Å². The van der Waals surface area contributed by atoms with Crippen molar-refractivity contribution in [3.05, 3.63) is 29.3 Å². The number of aliphatic hydroxyl groups is 1. The van der Waals surface area contributed by atoms with Crippen LogP contribution in [0.15, 0.2) is 18.2 Å². The van der Waals surface area contributed by atoms with Crippen LogP contribution in [0.1, 0.15) is 31.4 Å². The molecule has 0 fully saturated rings. The number of carbonyl (C=O) groups is 1. The van der Waals surface area contributed by atoms with E-state index >= 15 is 0 Å². The summed E-state index contributed by atoms with van der Waals surface area (Å²) in [5.74, 6) is -1.05. The third kappa shape index (κ3) is 5.75. The molecule has 142 valence electrons. The molecule has 1 rings (SSSR count). The van der Waals surface area contributed by atoms with Gasteiger partial charge in [0, 0.05) is 18.8 Å². The van der Waals surface area contributed by atoms with Crippen molar-refractivity contribution in [1.29, 1.82) is 0 Å². The molecule has 0 spiro atoms. The number of para-hydroxylation sites is 1. The van der Waals surface area contributed by atoms with Crippen LogP contribution in [0.5, 0.6) is 0 Å². The van der Waals surface area contributed by atoms with Crippen LogP contribution in [0.3, 0.4) is 0 Å².